The molecule has 0 aliphatic carbocycles. The number of rotatable bonds is 55. The van der Waals surface area contributed by atoms with E-state index in [1.165, 1.54) is 199 Å². The van der Waals surface area contributed by atoms with Gasteiger partial charge in [0.2, 0.25) is 5.91 Å². The number of aliphatic hydroxyl groups excluding tert-OH is 5. The van der Waals surface area contributed by atoms with E-state index in [1.54, 1.807) is 6.08 Å². The first-order valence-electron chi connectivity index (χ1n) is 31.6. The van der Waals surface area contributed by atoms with E-state index in [4.69, 9.17) is 14.2 Å². The van der Waals surface area contributed by atoms with Gasteiger partial charge in [0.1, 0.15) is 24.4 Å². The van der Waals surface area contributed by atoms with Crippen LogP contribution in [0.4, 0.5) is 0 Å². The Morgan fingerprint density at radius 1 is 0.486 bits per heavy atom. The van der Waals surface area contributed by atoms with Gasteiger partial charge in [-0.25, -0.2) is 0 Å². The van der Waals surface area contributed by atoms with Gasteiger partial charge in [-0.2, -0.15) is 0 Å². The van der Waals surface area contributed by atoms with Crippen molar-refractivity contribution in [2.45, 2.75) is 346 Å². The maximum Gasteiger partial charge on any atom is 0.305 e. The molecule has 7 unspecified atom stereocenters. The summed E-state index contributed by atoms with van der Waals surface area (Å²) in [4.78, 5) is 25.1. The van der Waals surface area contributed by atoms with Crippen LogP contribution in [0.2, 0.25) is 0 Å². The van der Waals surface area contributed by atoms with Crippen LogP contribution >= 0.6 is 0 Å². The summed E-state index contributed by atoms with van der Waals surface area (Å²) in [5.41, 5.74) is 0. The van der Waals surface area contributed by atoms with Crippen molar-refractivity contribution in [2.75, 3.05) is 19.8 Å². The number of nitrogens with one attached hydrogen (secondary N) is 1. The fourth-order valence-corrected chi connectivity index (χ4v) is 10.0. The summed E-state index contributed by atoms with van der Waals surface area (Å²) < 4.78 is 16.7. The molecule has 7 atom stereocenters. The number of hydrogen-bond donors (Lipinski definition) is 6. The molecule has 1 fully saturated rings. The van der Waals surface area contributed by atoms with E-state index in [0.29, 0.717) is 19.4 Å². The number of carbonyl (C=O) groups is 2. The van der Waals surface area contributed by atoms with E-state index in [9.17, 15) is 35.1 Å². The van der Waals surface area contributed by atoms with Crippen LogP contribution in [-0.2, 0) is 23.8 Å². The van der Waals surface area contributed by atoms with Crippen LogP contribution in [0.3, 0.4) is 0 Å². The molecule has 11 nitrogen and oxygen atoms in total. The van der Waals surface area contributed by atoms with Crippen LogP contribution in [-0.4, -0.2) is 100 Å². The molecule has 0 aromatic carbocycles. The zero-order chi connectivity index (χ0) is 53.8. The minimum absolute atomic E-state index is 0.00767. The zero-order valence-electron chi connectivity index (χ0n) is 48.1. The molecule has 11 heteroatoms. The molecule has 74 heavy (non-hydrogen) atoms. The maximum atomic E-state index is 13.1. The molecule has 436 valence electrons. The summed E-state index contributed by atoms with van der Waals surface area (Å²) in [6.07, 6.45) is 54.0. The number of ether oxygens (including phenoxy) is 3. The molecule has 1 amide bonds. The number of aliphatic hydroxyl groups is 5. The van der Waals surface area contributed by atoms with Crippen molar-refractivity contribution in [1.29, 1.82) is 0 Å². The average Bonchev–Trinajstić information content (AvgIpc) is 3.40. The lowest BCUT2D eigenvalue weighted by Gasteiger charge is -2.40. The number of esters is 1. The Kier molecular flexibility index (Phi) is 50.4. The van der Waals surface area contributed by atoms with Gasteiger partial charge in [-0.15, -0.1) is 0 Å². The molecular weight excluding hydrogens is 931 g/mol. The summed E-state index contributed by atoms with van der Waals surface area (Å²) in [5.74, 6) is -0.196. The maximum absolute atomic E-state index is 13.1. The fraction of sp³-hybridized carbons (Fsp3) is 0.905. The minimum Gasteiger partial charge on any atom is -0.466 e. The van der Waals surface area contributed by atoms with Gasteiger partial charge in [0.25, 0.3) is 0 Å². The highest BCUT2D eigenvalue weighted by molar-refractivity contribution is 5.76. The standard InChI is InChI=1S/C63H119NO10/c1-3-5-7-9-11-13-15-16-23-26-30-33-37-41-45-49-56(66)55(54-73-63-62(71)61(70)60(69)57(53-65)74-63)64-58(67)50-46-42-38-34-31-27-24-21-19-17-18-20-22-25-28-32-36-40-44-48-52-72-59(68)51-47-43-39-35-29-14-12-10-8-6-4-2/h17,19,45,49,55-57,60-63,65-66,69-71H,3-16,18,20-44,46-48,50-54H2,1-2H3,(H,64,67)/b19-17-,49-45+. The van der Waals surface area contributed by atoms with Crippen molar-refractivity contribution in [2.24, 2.45) is 0 Å². The molecule has 0 spiro atoms. The number of unbranched alkanes of at least 4 members (excludes halogenated alkanes) is 39. The van der Waals surface area contributed by atoms with Crippen molar-refractivity contribution in [1.82, 2.24) is 5.32 Å². The Bertz CT molecular complexity index is 1280. The third-order valence-corrected chi connectivity index (χ3v) is 15.1. The minimum atomic E-state index is -1.57. The topological polar surface area (TPSA) is 175 Å². The highest BCUT2D eigenvalue weighted by Crippen LogP contribution is 2.23. The number of carbonyl (C=O) groups excluding carboxylic acids is 2. The second-order valence-corrected chi connectivity index (χ2v) is 22.1. The van der Waals surface area contributed by atoms with Gasteiger partial charge in [0, 0.05) is 12.8 Å². The molecule has 0 aromatic heterocycles. The average molecular weight is 1050 g/mol. The highest BCUT2D eigenvalue weighted by atomic mass is 16.7. The van der Waals surface area contributed by atoms with Crippen LogP contribution in [0.1, 0.15) is 303 Å². The third-order valence-electron chi connectivity index (χ3n) is 15.1. The van der Waals surface area contributed by atoms with E-state index < -0.39 is 49.5 Å². The first-order chi connectivity index (χ1) is 36.2. The molecule has 0 radical (unpaired) electrons. The fourth-order valence-electron chi connectivity index (χ4n) is 10.0. The molecule has 1 aliphatic heterocycles. The quantitative estimate of drug-likeness (QED) is 0.0195. The van der Waals surface area contributed by atoms with Gasteiger partial charge in [-0.3, -0.25) is 9.59 Å². The smallest absolute Gasteiger partial charge is 0.305 e. The van der Waals surface area contributed by atoms with Crippen LogP contribution in [0.25, 0.3) is 0 Å². The van der Waals surface area contributed by atoms with Crippen LogP contribution in [0.15, 0.2) is 24.3 Å². The van der Waals surface area contributed by atoms with Crippen LogP contribution in [0.5, 0.6) is 0 Å². The van der Waals surface area contributed by atoms with Crippen molar-refractivity contribution in [3.8, 4) is 0 Å². The van der Waals surface area contributed by atoms with E-state index in [1.807, 2.05) is 6.08 Å². The van der Waals surface area contributed by atoms with Gasteiger partial charge < -0.3 is 45.1 Å². The lowest BCUT2D eigenvalue weighted by Crippen LogP contribution is -2.60. The van der Waals surface area contributed by atoms with Crippen LogP contribution < -0.4 is 5.32 Å². The monoisotopic (exact) mass is 1050 g/mol. The Labute approximate surface area is 454 Å². The van der Waals surface area contributed by atoms with Crippen molar-refractivity contribution < 1.29 is 49.3 Å². The molecule has 0 bridgehead atoms. The first kappa shape index (κ1) is 70.2. The summed E-state index contributed by atoms with van der Waals surface area (Å²) in [5, 5.41) is 54.5. The predicted molar refractivity (Wildman–Crippen MR) is 306 cm³/mol. The molecule has 0 saturated carbocycles. The SMILES string of the molecule is CCCCCCCCCCCCCCC/C=C/C(O)C(COC1OC(CO)C(O)C(O)C1O)NC(=O)CCCCCCCCC/C=C\CCCCCCCCCCCOC(=O)CCCCCCCCCCCCC. The van der Waals surface area contributed by atoms with E-state index in [2.05, 4.69) is 31.3 Å². The molecule has 1 aliphatic rings. The summed E-state index contributed by atoms with van der Waals surface area (Å²) in [6, 6.07) is -0.816. The van der Waals surface area contributed by atoms with Gasteiger partial charge in [0.15, 0.2) is 6.29 Å². The lowest BCUT2D eigenvalue weighted by atomic mass is 9.99. The highest BCUT2D eigenvalue weighted by Gasteiger charge is 2.44. The second kappa shape index (κ2) is 53.2. The van der Waals surface area contributed by atoms with Crippen molar-refractivity contribution in [3.63, 3.8) is 0 Å². The molecular formula is C63H119NO10. The van der Waals surface area contributed by atoms with Crippen molar-refractivity contribution in [3.05, 3.63) is 24.3 Å². The second-order valence-electron chi connectivity index (χ2n) is 22.1. The molecule has 1 heterocycles. The van der Waals surface area contributed by atoms with Crippen molar-refractivity contribution >= 4 is 11.9 Å². The number of amides is 1. The predicted octanol–water partition coefficient (Wildman–Crippen LogP) is 14.9. The number of allylic oxidation sites excluding steroid dienone is 3. The van der Waals surface area contributed by atoms with Gasteiger partial charge in [-0.05, 0) is 57.8 Å². The molecule has 0 aromatic rings. The summed E-state index contributed by atoms with van der Waals surface area (Å²) >= 11 is 0. The Morgan fingerprint density at radius 2 is 0.865 bits per heavy atom. The van der Waals surface area contributed by atoms with Gasteiger partial charge >= 0.3 is 5.97 Å². The van der Waals surface area contributed by atoms with E-state index >= 15 is 0 Å². The Balaban J connectivity index is 2.10. The normalized spacial score (nSPS) is 18.9. The molecule has 6 N–H and O–H groups in total. The summed E-state index contributed by atoms with van der Waals surface area (Å²) in [7, 11) is 0. The van der Waals surface area contributed by atoms with Gasteiger partial charge in [0.05, 0.1) is 32.0 Å². The molecule has 1 rings (SSSR count). The van der Waals surface area contributed by atoms with E-state index in [0.717, 1.165) is 77.0 Å². The van der Waals surface area contributed by atoms with Gasteiger partial charge in [-0.1, -0.05) is 256 Å². The number of hydrogen-bond acceptors (Lipinski definition) is 10. The largest absolute Gasteiger partial charge is 0.466 e. The Hall–Kier alpha value is -1.86. The van der Waals surface area contributed by atoms with Crippen LogP contribution in [0, 0.1) is 0 Å². The third kappa shape index (κ3) is 42.2. The summed E-state index contributed by atoms with van der Waals surface area (Å²) in [6.45, 7) is 4.35. The van der Waals surface area contributed by atoms with E-state index in [-0.39, 0.29) is 18.5 Å². The Morgan fingerprint density at radius 3 is 1.30 bits per heavy atom. The first-order valence-corrected chi connectivity index (χ1v) is 31.6. The lowest BCUT2D eigenvalue weighted by molar-refractivity contribution is -0.302. The zero-order valence-corrected chi connectivity index (χ0v) is 48.1. The molecule has 1 saturated heterocycles.